The highest BCUT2D eigenvalue weighted by Gasteiger charge is 2.14. The summed E-state index contributed by atoms with van der Waals surface area (Å²) in [6.07, 6.45) is 0. The Bertz CT molecular complexity index is 528. The summed E-state index contributed by atoms with van der Waals surface area (Å²) >= 11 is 1.44. The summed E-state index contributed by atoms with van der Waals surface area (Å²) in [6.45, 7) is 6.71. The molecule has 2 heterocycles. The monoisotopic (exact) mass is 249 g/mol. The second-order valence-corrected chi connectivity index (χ2v) is 4.74. The van der Waals surface area contributed by atoms with Crippen LogP contribution < -0.4 is 5.32 Å². The standard InChI is InChI=1S/C12H15N3OS/c1-4-15-9(3)11(8(2)14-15)13-12(16)10-6-5-7-17-10/h5-7H,4H2,1-3H3,(H,13,16). The number of thiophene rings is 1. The molecule has 0 saturated heterocycles. The number of amides is 1. The Labute approximate surface area is 104 Å². The van der Waals surface area contributed by atoms with E-state index in [0.29, 0.717) is 4.88 Å². The summed E-state index contributed by atoms with van der Waals surface area (Å²) in [5, 5.41) is 9.19. The maximum atomic E-state index is 11.9. The van der Waals surface area contributed by atoms with Gasteiger partial charge < -0.3 is 5.32 Å². The van der Waals surface area contributed by atoms with Crippen molar-refractivity contribution >= 4 is 22.9 Å². The summed E-state index contributed by atoms with van der Waals surface area (Å²) in [5.41, 5.74) is 2.68. The van der Waals surface area contributed by atoms with Gasteiger partial charge in [0.15, 0.2) is 0 Å². The largest absolute Gasteiger partial charge is 0.318 e. The lowest BCUT2D eigenvalue weighted by Crippen LogP contribution is -2.11. The van der Waals surface area contributed by atoms with Crippen LogP contribution in [0.2, 0.25) is 0 Å². The van der Waals surface area contributed by atoms with Gasteiger partial charge >= 0.3 is 0 Å². The number of anilines is 1. The van der Waals surface area contributed by atoms with E-state index in [0.717, 1.165) is 23.6 Å². The molecule has 4 nitrogen and oxygen atoms in total. The number of aromatic nitrogens is 2. The first-order chi connectivity index (χ1) is 8.13. The molecule has 0 bridgehead atoms. The van der Waals surface area contributed by atoms with E-state index in [-0.39, 0.29) is 5.91 Å². The number of aryl methyl sites for hydroxylation is 2. The number of rotatable bonds is 3. The van der Waals surface area contributed by atoms with Crippen molar-refractivity contribution in [2.24, 2.45) is 0 Å². The van der Waals surface area contributed by atoms with Crippen LogP contribution >= 0.6 is 11.3 Å². The van der Waals surface area contributed by atoms with E-state index >= 15 is 0 Å². The number of hydrogen-bond acceptors (Lipinski definition) is 3. The van der Waals surface area contributed by atoms with Gasteiger partial charge in [-0.15, -0.1) is 11.3 Å². The number of carbonyl (C=O) groups is 1. The van der Waals surface area contributed by atoms with Crippen molar-refractivity contribution in [2.75, 3.05) is 5.32 Å². The van der Waals surface area contributed by atoms with Gasteiger partial charge in [-0.3, -0.25) is 9.48 Å². The normalized spacial score (nSPS) is 10.5. The van der Waals surface area contributed by atoms with Crippen molar-refractivity contribution in [2.45, 2.75) is 27.3 Å². The molecular weight excluding hydrogens is 234 g/mol. The molecular formula is C12H15N3OS. The fourth-order valence-corrected chi connectivity index (χ4v) is 2.39. The van der Waals surface area contributed by atoms with Gasteiger partial charge in [0.1, 0.15) is 0 Å². The van der Waals surface area contributed by atoms with Gasteiger partial charge in [0.05, 0.1) is 22.0 Å². The zero-order valence-corrected chi connectivity index (χ0v) is 11.0. The summed E-state index contributed by atoms with van der Waals surface area (Å²) < 4.78 is 1.89. The highest BCUT2D eigenvalue weighted by atomic mass is 32.1. The van der Waals surface area contributed by atoms with Gasteiger partial charge in [0.2, 0.25) is 0 Å². The second kappa shape index (κ2) is 4.71. The zero-order valence-electron chi connectivity index (χ0n) is 10.2. The average molecular weight is 249 g/mol. The van der Waals surface area contributed by atoms with E-state index < -0.39 is 0 Å². The second-order valence-electron chi connectivity index (χ2n) is 3.79. The SMILES string of the molecule is CCn1nc(C)c(NC(=O)c2cccs2)c1C. The van der Waals surface area contributed by atoms with Gasteiger partial charge in [-0.1, -0.05) is 6.07 Å². The molecule has 17 heavy (non-hydrogen) atoms. The topological polar surface area (TPSA) is 46.9 Å². The molecule has 1 amide bonds. The van der Waals surface area contributed by atoms with E-state index in [9.17, 15) is 4.79 Å². The van der Waals surface area contributed by atoms with Crippen LogP contribution in [0.15, 0.2) is 17.5 Å². The van der Waals surface area contributed by atoms with Crippen molar-refractivity contribution in [3.8, 4) is 0 Å². The molecule has 2 rings (SSSR count). The Morgan fingerprint density at radius 1 is 1.53 bits per heavy atom. The fraction of sp³-hybridized carbons (Fsp3) is 0.333. The van der Waals surface area contributed by atoms with Crippen molar-refractivity contribution < 1.29 is 4.79 Å². The number of hydrogen-bond donors (Lipinski definition) is 1. The lowest BCUT2D eigenvalue weighted by molar-refractivity contribution is 0.103. The Morgan fingerprint density at radius 2 is 2.29 bits per heavy atom. The lowest BCUT2D eigenvalue weighted by Gasteiger charge is -2.04. The van der Waals surface area contributed by atoms with Crippen LogP contribution in [0.1, 0.15) is 28.0 Å². The van der Waals surface area contributed by atoms with Crippen LogP contribution in [0.25, 0.3) is 0 Å². The molecule has 0 saturated carbocycles. The van der Waals surface area contributed by atoms with Crippen molar-refractivity contribution in [1.29, 1.82) is 0 Å². The molecule has 0 atom stereocenters. The number of nitrogens with one attached hydrogen (secondary N) is 1. The van der Waals surface area contributed by atoms with Gasteiger partial charge in [-0.05, 0) is 32.2 Å². The van der Waals surface area contributed by atoms with Gasteiger partial charge in [-0.2, -0.15) is 5.10 Å². The van der Waals surface area contributed by atoms with E-state index in [1.165, 1.54) is 11.3 Å². The van der Waals surface area contributed by atoms with Gasteiger partial charge in [0, 0.05) is 6.54 Å². The zero-order chi connectivity index (χ0) is 12.4. The van der Waals surface area contributed by atoms with Gasteiger partial charge in [0.25, 0.3) is 5.91 Å². The lowest BCUT2D eigenvalue weighted by atomic mass is 10.3. The van der Waals surface area contributed by atoms with Crippen LogP contribution in [0.3, 0.4) is 0 Å². The molecule has 0 spiro atoms. The molecule has 2 aromatic rings. The molecule has 0 aliphatic rings. The van der Waals surface area contributed by atoms with Crippen molar-refractivity contribution in [3.63, 3.8) is 0 Å². The Hall–Kier alpha value is -1.62. The molecule has 0 aliphatic carbocycles. The van der Waals surface area contributed by atoms with Crippen LogP contribution in [0.4, 0.5) is 5.69 Å². The van der Waals surface area contributed by atoms with E-state index in [1.54, 1.807) is 0 Å². The molecule has 0 radical (unpaired) electrons. The third kappa shape index (κ3) is 2.24. The van der Waals surface area contributed by atoms with Gasteiger partial charge in [-0.25, -0.2) is 0 Å². The smallest absolute Gasteiger partial charge is 0.265 e. The first-order valence-electron chi connectivity index (χ1n) is 5.52. The summed E-state index contributed by atoms with van der Waals surface area (Å²) in [6, 6.07) is 3.68. The van der Waals surface area contributed by atoms with Crippen LogP contribution in [-0.2, 0) is 6.54 Å². The highest BCUT2D eigenvalue weighted by Crippen LogP contribution is 2.21. The van der Waals surface area contributed by atoms with E-state index in [2.05, 4.69) is 10.4 Å². The molecule has 0 aliphatic heterocycles. The summed E-state index contributed by atoms with van der Waals surface area (Å²) in [7, 11) is 0. The van der Waals surface area contributed by atoms with E-state index in [1.807, 2.05) is 43.0 Å². The predicted molar refractivity (Wildman–Crippen MR) is 69.6 cm³/mol. The quantitative estimate of drug-likeness (QED) is 0.909. The molecule has 1 N–H and O–H groups in total. The Kier molecular flexibility index (Phi) is 3.28. The average Bonchev–Trinajstić information content (AvgIpc) is 2.92. The van der Waals surface area contributed by atoms with Crippen molar-refractivity contribution in [3.05, 3.63) is 33.8 Å². The van der Waals surface area contributed by atoms with Crippen LogP contribution in [-0.4, -0.2) is 15.7 Å². The first-order valence-corrected chi connectivity index (χ1v) is 6.40. The molecule has 90 valence electrons. The van der Waals surface area contributed by atoms with Crippen LogP contribution in [0, 0.1) is 13.8 Å². The fourth-order valence-electron chi connectivity index (χ4n) is 1.77. The maximum absolute atomic E-state index is 11.9. The van der Waals surface area contributed by atoms with E-state index in [4.69, 9.17) is 0 Å². The number of carbonyl (C=O) groups excluding carboxylic acids is 1. The minimum Gasteiger partial charge on any atom is -0.318 e. The first kappa shape index (κ1) is 11.9. The third-order valence-corrected chi connectivity index (χ3v) is 3.53. The molecule has 5 heteroatoms. The minimum atomic E-state index is -0.0677. The van der Waals surface area contributed by atoms with Crippen LogP contribution in [0.5, 0.6) is 0 Å². The summed E-state index contributed by atoms with van der Waals surface area (Å²) in [5.74, 6) is -0.0677. The molecule has 0 unspecified atom stereocenters. The Morgan fingerprint density at radius 3 is 2.82 bits per heavy atom. The Balaban J connectivity index is 2.25. The maximum Gasteiger partial charge on any atom is 0.265 e. The predicted octanol–water partition coefficient (Wildman–Crippen LogP) is 2.83. The molecule has 0 aromatic carbocycles. The highest BCUT2D eigenvalue weighted by molar-refractivity contribution is 7.12. The molecule has 2 aromatic heterocycles. The minimum absolute atomic E-state index is 0.0677. The summed E-state index contributed by atoms with van der Waals surface area (Å²) in [4.78, 5) is 12.7. The third-order valence-electron chi connectivity index (χ3n) is 2.66. The molecule has 0 fully saturated rings. The number of nitrogens with zero attached hydrogens (tertiary/aromatic N) is 2. The van der Waals surface area contributed by atoms with Crippen molar-refractivity contribution in [1.82, 2.24) is 9.78 Å².